The zero-order valence-corrected chi connectivity index (χ0v) is 18.8. The van der Waals surface area contributed by atoms with Crippen molar-refractivity contribution in [3.05, 3.63) is 46.1 Å². The molecule has 8 nitrogen and oxygen atoms in total. The third-order valence-electron chi connectivity index (χ3n) is 6.16. The van der Waals surface area contributed by atoms with Gasteiger partial charge in [0, 0.05) is 25.2 Å². The van der Waals surface area contributed by atoms with Crippen LogP contribution in [0, 0.1) is 0 Å². The van der Waals surface area contributed by atoms with Crippen LogP contribution in [0.2, 0.25) is 5.02 Å². The predicted octanol–water partition coefficient (Wildman–Crippen LogP) is 2.16. The number of amides is 4. The number of urea groups is 1. The molecule has 0 aliphatic carbocycles. The van der Waals surface area contributed by atoms with Gasteiger partial charge in [0.15, 0.2) is 0 Å². The van der Waals surface area contributed by atoms with Gasteiger partial charge in [-0.05, 0) is 32.4 Å². The third kappa shape index (κ3) is 3.78. The first-order chi connectivity index (χ1) is 14.7. The Morgan fingerprint density at radius 3 is 2.48 bits per heavy atom. The largest absolute Gasteiger partial charge is 0.372 e. The van der Waals surface area contributed by atoms with E-state index in [1.807, 2.05) is 19.9 Å². The zero-order chi connectivity index (χ0) is 22.4. The Labute approximate surface area is 186 Å². The quantitative estimate of drug-likeness (QED) is 0.771. The van der Waals surface area contributed by atoms with Crippen molar-refractivity contribution in [3.8, 4) is 0 Å². The van der Waals surface area contributed by atoms with E-state index in [9.17, 15) is 14.4 Å². The van der Waals surface area contributed by atoms with E-state index in [-0.39, 0.29) is 36.6 Å². The lowest BCUT2D eigenvalue weighted by Gasteiger charge is -2.38. The summed E-state index contributed by atoms with van der Waals surface area (Å²) >= 11 is 6.37. The number of ether oxygens (including phenoxy) is 1. The van der Waals surface area contributed by atoms with Crippen molar-refractivity contribution in [2.24, 2.45) is 0 Å². The first-order valence-electron chi connectivity index (χ1n) is 10.5. The van der Waals surface area contributed by atoms with Gasteiger partial charge in [-0.25, -0.2) is 4.79 Å². The van der Waals surface area contributed by atoms with E-state index in [2.05, 4.69) is 5.32 Å². The molecular weight excluding hydrogens is 420 g/mol. The molecule has 0 aromatic heterocycles. The van der Waals surface area contributed by atoms with Crippen LogP contribution in [0.1, 0.15) is 32.4 Å². The molecule has 4 unspecified atom stereocenters. The first-order valence-corrected chi connectivity index (χ1v) is 10.8. The van der Waals surface area contributed by atoms with E-state index >= 15 is 0 Å². The summed E-state index contributed by atoms with van der Waals surface area (Å²) in [5.41, 5.74) is 1.71. The summed E-state index contributed by atoms with van der Waals surface area (Å²) in [5, 5.41) is 3.34. The average molecular weight is 447 g/mol. The molecule has 1 saturated heterocycles. The minimum Gasteiger partial charge on any atom is -0.372 e. The topological polar surface area (TPSA) is 82.2 Å². The highest BCUT2D eigenvalue weighted by Gasteiger charge is 2.46. The minimum atomic E-state index is -0.661. The molecular formula is C22H27ClN4O4. The second-order valence-corrected chi connectivity index (χ2v) is 8.84. The Morgan fingerprint density at radius 1 is 1.19 bits per heavy atom. The van der Waals surface area contributed by atoms with E-state index in [0.29, 0.717) is 34.9 Å². The second kappa shape index (κ2) is 8.16. The first kappa shape index (κ1) is 21.6. The summed E-state index contributed by atoms with van der Waals surface area (Å²) in [4.78, 5) is 44.0. The molecule has 4 amide bonds. The van der Waals surface area contributed by atoms with Gasteiger partial charge in [-0.15, -0.1) is 0 Å². The molecule has 3 aliphatic heterocycles. The molecule has 0 spiro atoms. The van der Waals surface area contributed by atoms with Crippen LogP contribution in [0.3, 0.4) is 0 Å². The maximum absolute atomic E-state index is 13.5. The highest BCUT2D eigenvalue weighted by atomic mass is 35.5. The number of hydrogen-bond donors (Lipinski definition) is 1. The van der Waals surface area contributed by atoms with Crippen molar-refractivity contribution < 1.29 is 19.1 Å². The number of carbonyl (C=O) groups is 3. The van der Waals surface area contributed by atoms with Gasteiger partial charge in [0.1, 0.15) is 6.04 Å². The summed E-state index contributed by atoms with van der Waals surface area (Å²) in [6, 6.07) is 5.51. The maximum Gasteiger partial charge on any atom is 0.322 e. The Kier molecular flexibility index (Phi) is 5.70. The van der Waals surface area contributed by atoms with Crippen molar-refractivity contribution in [1.82, 2.24) is 20.0 Å². The van der Waals surface area contributed by atoms with Crippen LogP contribution in [-0.4, -0.2) is 77.5 Å². The molecule has 1 aromatic rings. The average Bonchev–Trinajstić information content (AvgIpc) is 3.07. The predicted molar refractivity (Wildman–Crippen MR) is 115 cm³/mol. The van der Waals surface area contributed by atoms with E-state index in [1.54, 1.807) is 42.0 Å². The molecule has 1 fully saturated rings. The molecule has 3 heterocycles. The number of likely N-dealkylation sites (N-methyl/N-ethyl adjacent to an activating group) is 1. The minimum absolute atomic E-state index is 0.0573. The van der Waals surface area contributed by atoms with Crippen molar-refractivity contribution in [2.75, 3.05) is 26.7 Å². The number of halogens is 1. The summed E-state index contributed by atoms with van der Waals surface area (Å²) in [6.07, 6.45) is -0.115. The lowest BCUT2D eigenvalue weighted by Crippen LogP contribution is -2.54. The third-order valence-corrected chi connectivity index (χ3v) is 6.50. The Morgan fingerprint density at radius 2 is 1.84 bits per heavy atom. The standard InChI is InChI=1S/C22H27ClN4O4/c1-12-9-26(10-13(2)31-12)20(28)14(3)27-11-17-18(21(27)29)19(24-22(30)25(17)4)15-7-5-6-8-16(15)23/h5-8,12-14,19H,9-11H2,1-4H3,(H,24,30). The number of morpholine rings is 1. The second-order valence-electron chi connectivity index (χ2n) is 8.43. The SMILES string of the molecule is CC1CN(C(=O)C(C)N2CC3=C(C2=O)C(c2ccccc2Cl)NC(=O)N3C)CC(C)O1. The molecule has 4 atom stereocenters. The summed E-state index contributed by atoms with van der Waals surface area (Å²) < 4.78 is 5.72. The Balaban J connectivity index is 1.61. The molecule has 0 saturated carbocycles. The molecule has 31 heavy (non-hydrogen) atoms. The molecule has 166 valence electrons. The highest BCUT2D eigenvalue weighted by molar-refractivity contribution is 6.31. The molecule has 3 aliphatic rings. The number of benzene rings is 1. The monoisotopic (exact) mass is 446 g/mol. The van der Waals surface area contributed by atoms with E-state index in [1.165, 1.54) is 4.90 Å². The van der Waals surface area contributed by atoms with Crippen LogP contribution in [-0.2, 0) is 14.3 Å². The fourth-order valence-corrected chi connectivity index (χ4v) is 4.84. The normalized spacial score (nSPS) is 27.4. The van der Waals surface area contributed by atoms with Gasteiger partial charge in [0.2, 0.25) is 5.91 Å². The number of nitrogens with one attached hydrogen (secondary N) is 1. The fourth-order valence-electron chi connectivity index (χ4n) is 4.60. The van der Waals surface area contributed by atoms with Crippen molar-refractivity contribution in [2.45, 2.75) is 45.1 Å². The van der Waals surface area contributed by atoms with E-state index in [0.717, 1.165) is 0 Å². The zero-order valence-electron chi connectivity index (χ0n) is 18.1. The van der Waals surface area contributed by atoms with Crippen molar-refractivity contribution >= 4 is 29.4 Å². The number of rotatable bonds is 3. The summed E-state index contributed by atoms with van der Waals surface area (Å²) in [7, 11) is 1.63. The maximum atomic E-state index is 13.5. The fraction of sp³-hybridized carbons (Fsp3) is 0.500. The van der Waals surface area contributed by atoms with Crippen LogP contribution in [0.25, 0.3) is 0 Å². The van der Waals surface area contributed by atoms with Gasteiger partial charge in [0.05, 0.1) is 36.1 Å². The van der Waals surface area contributed by atoms with E-state index in [4.69, 9.17) is 16.3 Å². The molecule has 1 N–H and O–H groups in total. The lowest BCUT2D eigenvalue weighted by atomic mass is 9.95. The van der Waals surface area contributed by atoms with Gasteiger partial charge in [0.25, 0.3) is 5.91 Å². The van der Waals surface area contributed by atoms with Crippen LogP contribution < -0.4 is 5.32 Å². The van der Waals surface area contributed by atoms with Crippen LogP contribution in [0.15, 0.2) is 35.5 Å². The van der Waals surface area contributed by atoms with Gasteiger partial charge in [-0.2, -0.15) is 0 Å². The molecule has 0 bridgehead atoms. The summed E-state index contributed by atoms with van der Waals surface area (Å²) in [5.74, 6) is -0.381. The smallest absolute Gasteiger partial charge is 0.322 e. The van der Waals surface area contributed by atoms with Crippen LogP contribution >= 0.6 is 11.6 Å². The summed E-state index contributed by atoms with van der Waals surface area (Å²) in [6.45, 7) is 6.78. The number of hydrogen-bond acceptors (Lipinski definition) is 4. The highest BCUT2D eigenvalue weighted by Crippen LogP contribution is 2.38. The van der Waals surface area contributed by atoms with Gasteiger partial charge in [-0.3, -0.25) is 14.5 Å². The molecule has 9 heteroatoms. The van der Waals surface area contributed by atoms with E-state index < -0.39 is 12.1 Å². The Hall–Kier alpha value is -2.58. The molecule has 1 aromatic carbocycles. The van der Waals surface area contributed by atoms with Gasteiger partial charge >= 0.3 is 6.03 Å². The lowest BCUT2D eigenvalue weighted by molar-refractivity contribution is -0.151. The van der Waals surface area contributed by atoms with Gasteiger partial charge < -0.3 is 19.9 Å². The number of carbonyl (C=O) groups excluding carboxylic acids is 3. The van der Waals surface area contributed by atoms with Crippen molar-refractivity contribution in [3.63, 3.8) is 0 Å². The van der Waals surface area contributed by atoms with Crippen molar-refractivity contribution in [1.29, 1.82) is 0 Å². The Bertz CT molecular complexity index is 955. The molecule has 0 radical (unpaired) electrons. The van der Waals surface area contributed by atoms with Gasteiger partial charge in [-0.1, -0.05) is 29.8 Å². The number of nitrogens with zero attached hydrogens (tertiary/aromatic N) is 3. The van der Waals surface area contributed by atoms with Crippen LogP contribution in [0.4, 0.5) is 4.79 Å². The molecule has 4 rings (SSSR count). The van der Waals surface area contributed by atoms with Crippen LogP contribution in [0.5, 0.6) is 0 Å².